The second-order valence-corrected chi connectivity index (χ2v) is 2.64. The van der Waals surface area contributed by atoms with Crippen LogP contribution in [0, 0.1) is 22.0 Å². The highest BCUT2D eigenvalue weighted by molar-refractivity contribution is 5.86. The van der Waals surface area contributed by atoms with E-state index in [1.54, 1.807) is 0 Å². The number of aldehydes is 1. The summed E-state index contributed by atoms with van der Waals surface area (Å²) in [6, 6.07) is 2.21. The van der Waals surface area contributed by atoms with Gasteiger partial charge >= 0.3 is 0 Å². The summed E-state index contributed by atoms with van der Waals surface area (Å²) in [4.78, 5) is 20.6. The van der Waals surface area contributed by atoms with Gasteiger partial charge in [0.25, 0.3) is 5.69 Å². The highest BCUT2D eigenvalue weighted by atomic mass is 16.6. The summed E-state index contributed by atoms with van der Waals surface area (Å²) >= 11 is 0. The van der Waals surface area contributed by atoms with Crippen LogP contribution in [0.2, 0.25) is 0 Å². The lowest BCUT2D eigenvalue weighted by Gasteiger charge is -2.01. The van der Waals surface area contributed by atoms with Crippen LogP contribution in [0.3, 0.4) is 0 Å². The number of benzene rings is 1. The van der Waals surface area contributed by atoms with Crippen molar-refractivity contribution in [1.82, 2.24) is 0 Å². The molecule has 5 heteroatoms. The second kappa shape index (κ2) is 4.24. The maximum atomic E-state index is 10.6. The van der Waals surface area contributed by atoms with E-state index < -0.39 is 4.92 Å². The number of nitrogens with zero attached hydrogens (tertiary/aromatic N) is 1. The van der Waals surface area contributed by atoms with E-state index in [-0.39, 0.29) is 22.6 Å². The Bertz CT molecular complexity index is 482. The Hall–Kier alpha value is -2.35. The topological polar surface area (TPSA) is 80.4 Å². The molecule has 0 heterocycles. The summed E-state index contributed by atoms with van der Waals surface area (Å²) in [6.07, 6.45) is 0.349. The monoisotopic (exact) mass is 205 g/mol. The molecule has 0 aliphatic heterocycles. The molecule has 0 spiro atoms. The molecule has 1 aromatic carbocycles. The Morgan fingerprint density at radius 2 is 2.20 bits per heavy atom. The third kappa shape index (κ3) is 1.94. The molecule has 1 N–H and O–H groups in total. The smallest absolute Gasteiger partial charge is 0.285 e. The van der Waals surface area contributed by atoms with Gasteiger partial charge in [-0.05, 0) is 13.0 Å². The van der Waals surface area contributed by atoms with E-state index in [4.69, 9.17) is 0 Å². The predicted octanol–water partition coefficient (Wildman–Crippen LogP) is 1.48. The highest BCUT2D eigenvalue weighted by Crippen LogP contribution is 2.27. The molecular weight excluding hydrogens is 198 g/mol. The first-order valence-electron chi connectivity index (χ1n) is 4.00. The number of carbonyl (C=O) groups excluding carboxylic acids is 1. The Balaban J connectivity index is 3.60. The Morgan fingerprint density at radius 1 is 1.53 bits per heavy atom. The van der Waals surface area contributed by atoms with Crippen LogP contribution in [0.4, 0.5) is 5.69 Å². The molecule has 0 saturated heterocycles. The average molecular weight is 205 g/mol. The average Bonchev–Trinajstić information content (AvgIpc) is 2.18. The van der Waals surface area contributed by atoms with Crippen LogP contribution in [0.15, 0.2) is 12.1 Å². The number of aromatic hydroxyl groups is 1. The van der Waals surface area contributed by atoms with Crippen molar-refractivity contribution in [3.05, 3.63) is 33.4 Å². The molecule has 0 aliphatic carbocycles. The Labute approximate surface area is 85.5 Å². The first-order chi connectivity index (χ1) is 7.11. The Kier molecular flexibility index (Phi) is 3.03. The van der Waals surface area contributed by atoms with Gasteiger partial charge in [-0.25, -0.2) is 0 Å². The first-order valence-corrected chi connectivity index (χ1v) is 4.00. The fraction of sp³-hybridized carbons (Fsp3) is 0.100. The van der Waals surface area contributed by atoms with E-state index in [9.17, 15) is 20.0 Å². The van der Waals surface area contributed by atoms with E-state index in [1.807, 2.05) is 0 Å². The van der Waals surface area contributed by atoms with Gasteiger partial charge in [-0.2, -0.15) is 0 Å². The molecule has 0 unspecified atom stereocenters. The molecule has 76 valence electrons. The molecule has 0 bridgehead atoms. The fourth-order valence-corrected chi connectivity index (χ4v) is 1.12. The van der Waals surface area contributed by atoms with Crippen LogP contribution < -0.4 is 0 Å². The van der Waals surface area contributed by atoms with E-state index in [0.717, 1.165) is 12.1 Å². The van der Waals surface area contributed by atoms with Crippen LogP contribution >= 0.6 is 0 Å². The lowest BCUT2D eigenvalue weighted by molar-refractivity contribution is -0.385. The summed E-state index contributed by atoms with van der Waals surface area (Å²) in [5.74, 6) is 4.58. The molecule has 0 aliphatic rings. The van der Waals surface area contributed by atoms with E-state index in [0.29, 0.717) is 6.29 Å². The fourth-order valence-electron chi connectivity index (χ4n) is 1.12. The van der Waals surface area contributed by atoms with Gasteiger partial charge in [0.05, 0.1) is 10.5 Å². The van der Waals surface area contributed by atoms with Crippen molar-refractivity contribution in [2.45, 2.75) is 6.92 Å². The van der Waals surface area contributed by atoms with Crippen LogP contribution in [0.5, 0.6) is 5.75 Å². The molecule has 0 atom stereocenters. The van der Waals surface area contributed by atoms with Gasteiger partial charge in [0.15, 0.2) is 6.29 Å². The first kappa shape index (κ1) is 10.7. The molecule has 1 rings (SSSR count). The number of phenolic OH excluding ortho intramolecular Hbond substituents is 1. The third-order valence-corrected chi connectivity index (χ3v) is 1.77. The minimum absolute atomic E-state index is 0.0579. The summed E-state index contributed by atoms with van der Waals surface area (Å²) in [5.41, 5.74) is -0.500. The van der Waals surface area contributed by atoms with Gasteiger partial charge in [0.1, 0.15) is 11.3 Å². The maximum Gasteiger partial charge on any atom is 0.285 e. The number of rotatable bonds is 2. The van der Waals surface area contributed by atoms with E-state index in [1.165, 1.54) is 6.92 Å². The standard InChI is InChI=1S/C10H7NO4/c1-2-3-7-8(6-12)10(13)5-4-9(7)11(14)15/h4-6,13H,1H3. The number of hydrogen-bond acceptors (Lipinski definition) is 4. The third-order valence-electron chi connectivity index (χ3n) is 1.77. The molecule has 5 nitrogen and oxygen atoms in total. The summed E-state index contributed by atoms with van der Waals surface area (Å²) < 4.78 is 0. The molecule has 0 saturated carbocycles. The number of nitro benzene ring substituents is 1. The quantitative estimate of drug-likeness (QED) is 0.343. The lowest BCUT2D eigenvalue weighted by atomic mass is 10.1. The Morgan fingerprint density at radius 3 is 2.67 bits per heavy atom. The molecule has 0 aromatic heterocycles. The van der Waals surface area contributed by atoms with Crippen molar-refractivity contribution in [2.75, 3.05) is 0 Å². The van der Waals surface area contributed by atoms with Gasteiger partial charge < -0.3 is 5.11 Å². The SMILES string of the molecule is CC#Cc1c([N+](=O)[O-])ccc(O)c1C=O. The molecule has 0 fully saturated rings. The van der Waals surface area contributed by atoms with Crippen molar-refractivity contribution in [3.63, 3.8) is 0 Å². The summed E-state index contributed by atoms with van der Waals surface area (Å²) in [6.45, 7) is 1.49. The van der Waals surface area contributed by atoms with Crippen LogP contribution in [-0.2, 0) is 0 Å². The largest absolute Gasteiger partial charge is 0.507 e. The molecule has 0 radical (unpaired) electrons. The normalized spacial score (nSPS) is 8.87. The van der Waals surface area contributed by atoms with Crippen molar-refractivity contribution >= 4 is 12.0 Å². The number of phenols is 1. The van der Waals surface area contributed by atoms with Gasteiger partial charge in [-0.1, -0.05) is 5.92 Å². The van der Waals surface area contributed by atoms with Crippen molar-refractivity contribution in [1.29, 1.82) is 0 Å². The molecule has 0 amide bonds. The number of nitro groups is 1. The molecule has 15 heavy (non-hydrogen) atoms. The summed E-state index contributed by atoms with van der Waals surface area (Å²) in [5, 5.41) is 19.9. The summed E-state index contributed by atoms with van der Waals surface area (Å²) in [7, 11) is 0. The zero-order chi connectivity index (χ0) is 11.4. The van der Waals surface area contributed by atoms with Crippen LogP contribution in [0.25, 0.3) is 0 Å². The zero-order valence-electron chi connectivity index (χ0n) is 7.85. The minimum atomic E-state index is -0.647. The van der Waals surface area contributed by atoms with E-state index >= 15 is 0 Å². The number of hydrogen-bond donors (Lipinski definition) is 1. The van der Waals surface area contributed by atoms with Gasteiger partial charge in [0, 0.05) is 6.07 Å². The van der Waals surface area contributed by atoms with Gasteiger partial charge in [-0.3, -0.25) is 14.9 Å². The zero-order valence-corrected chi connectivity index (χ0v) is 7.85. The number of carbonyl (C=O) groups is 1. The molecular formula is C10H7NO4. The van der Waals surface area contributed by atoms with Crippen LogP contribution in [0.1, 0.15) is 22.8 Å². The second-order valence-electron chi connectivity index (χ2n) is 2.64. The predicted molar refractivity (Wildman–Crippen MR) is 52.7 cm³/mol. The van der Waals surface area contributed by atoms with Gasteiger partial charge in [-0.15, -0.1) is 5.92 Å². The van der Waals surface area contributed by atoms with Crippen LogP contribution in [-0.4, -0.2) is 16.3 Å². The molecule has 1 aromatic rings. The van der Waals surface area contributed by atoms with Crippen molar-refractivity contribution < 1.29 is 14.8 Å². The van der Waals surface area contributed by atoms with Crippen molar-refractivity contribution in [3.8, 4) is 17.6 Å². The lowest BCUT2D eigenvalue weighted by Crippen LogP contribution is -1.97. The maximum absolute atomic E-state index is 10.6. The van der Waals surface area contributed by atoms with E-state index in [2.05, 4.69) is 11.8 Å². The highest BCUT2D eigenvalue weighted by Gasteiger charge is 2.18. The van der Waals surface area contributed by atoms with Crippen molar-refractivity contribution in [2.24, 2.45) is 0 Å². The van der Waals surface area contributed by atoms with Gasteiger partial charge in [0.2, 0.25) is 0 Å². The minimum Gasteiger partial charge on any atom is -0.507 e.